The van der Waals surface area contributed by atoms with Gasteiger partial charge in [-0.3, -0.25) is 14.6 Å². The molecule has 2 heterocycles. The largest absolute Gasteiger partial charge is 0.278 e. The number of hydrogen-bond acceptors (Lipinski definition) is 3. The molecule has 1 N–H and O–H groups in total. The topological polar surface area (TPSA) is 63.6 Å². The van der Waals surface area contributed by atoms with E-state index >= 15 is 0 Å². The standard InChI is InChI=1S/C6H5ClN4O/c1-11-5(12)3-2-8-6(7)9-4(3)10-11/h2H,1H3,(H,8,9,10). The molecule has 0 atom stereocenters. The normalized spacial score (nSPS) is 10.8. The molecule has 2 rings (SSSR count). The Morgan fingerprint density at radius 2 is 2.42 bits per heavy atom. The van der Waals surface area contributed by atoms with E-state index in [4.69, 9.17) is 11.6 Å². The Morgan fingerprint density at radius 1 is 1.67 bits per heavy atom. The van der Waals surface area contributed by atoms with Gasteiger partial charge in [-0.15, -0.1) is 0 Å². The minimum atomic E-state index is -0.151. The van der Waals surface area contributed by atoms with Crippen molar-refractivity contribution in [1.29, 1.82) is 0 Å². The van der Waals surface area contributed by atoms with Gasteiger partial charge < -0.3 is 0 Å². The van der Waals surface area contributed by atoms with Crippen LogP contribution >= 0.6 is 11.6 Å². The van der Waals surface area contributed by atoms with Crippen molar-refractivity contribution in [3.63, 3.8) is 0 Å². The number of aromatic amines is 1. The number of hydrogen-bond donors (Lipinski definition) is 1. The third-order valence-corrected chi connectivity index (χ3v) is 1.75. The van der Waals surface area contributed by atoms with Crippen LogP contribution in [-0.2, 0) is 7.05 Å². The number of aryl methyl sites for hydroxylation is 1. The SMILES string of the molecule is Cn1[nH]c2nc(Cl)ncc2c1=O. The average molecular weight is 185 g/mol. The number of nitrogens with zero attached hydrogens (tertiary/aromatic N) is 3. The first-order valence-electron chi connectivity index (χ1n) is 3.26. The van der Waals surface area contributed by atoms with Gasteiger partial charge in [0.15, 0.2) is 5.65 Å². The van der Waals surface area contributed by atoms with Crippen molar-refractivity contribution in [3.05, 3.63) is 21.8 Å². The predicted octanol–water partition coefficient (Wildman–Crippen LogP) is 0.310. The summed E-state index contributed by atoms with van der Waals surface area (Å²) in [7, 11) is 1.61. The second-order valence-corrected chi connectivity index (χ2v) is 2.72. The van der Waals surface area contributed by atoms with Crippen molar-refractivity contribution < 1.29 is 0 Å². The second kappa shape index (κ2) is 2.31. The number of nitrogens with one attached hydrogen (secondary N) is 1. The van der Waals surface area contributed by atoms with Gasteiger partial charge in [0.2, 0.25) is 5.28 Å². The molecule has 0 aliphatic rings. The first-order valence-corrected chi connectivity index (χ1v) is 3.63. The number of halogens is 1. The molecule has 2 aromatic rings. The van der Waals surface area contributed by atoms with Crippen molar-refractivity contribution in [2.45, 2.75) is 0 Å². The van der Waals surface area contributed by atoms with Crippen LogP contribution in [0.4, 0.5) is 0 Å². The molecule has 0 unspecified atom stereocenters. The Hall–Kier alpha value is -1.36. The van der Waals surface area contributed by atoms with E-state index in [1.54, 1.807) is 7.05 Å². The fraction of sp³-hybridized carbons (Fsp3) is 0.167. The van der Waals surface area contributed by atoms with Crippen LogP contribution in [0.5, 0.6) is 0 Å². The van der Waals surface area contributed by atoms with Gasteiger partial charge in [-0.2, -0.15) is 4.98 Å². The van der Waals surface area contributed by atoms with E-state index in [0.29, 0.717) is 11.0 Å². The van der Waals surface area contributed by atoms with Gasteiger partial charge in [0.1, 0.15) is 5.39 Å². The lowest BCUT2D eigenvalue weighted by atomic mass is 10.4. The quantitative estimate of drug-likeness (QED) is 0.600. The highest BCUT2D eigenvalue weighted by Gasteiger charge is 2.05. The summed E-state index contributed by atoms with van der Waals surface area (Å²) < 4.78 is 1.33. The van der Waals surface area contributed by atoms with E-state index in [0.717, 1.165) is 0 Å². The van der Waals surface area contributed by atoms with Crippen LogP contribution < -0.4 is 5.56 Å². The monoisotopic (exact) mass is 184 g/mol. The molecule has 0 bridgehead atoms. The molecule has 5 nitrogen and oxygen atoms in total. The highest BCUT2D eigenvalue weighted by molar-refractivity contribution is 6.28. The van der Waals surface area contributed by atoms with Crippen molar-refractivity contribution in [2.75, 3.05) is 0 Å². The van der Waals surface area contributed by atoms with Crippen molar-refractivity contribution in [3.8, 4) is 0 Å². The zero-order valence-electron chi connectivity index (χ0n) is 6.21. The Labute approximate surface area is 72.0 Å². The maximum absolute atomic E-state index is 11.2. The first kappa shape index (κ1) is 7.30. The molecule has 2 aromatic heterocycles. The fourth-order valence-electron chi connectivity index (χ4n) is 0.992. The van der Waals surface area contributed by atoms with Crippen molar-refractivity contribution in [2.24, 2.45) is 7.05 Å². The van der Waals surface area contributed by atoms with E-state index in [1.807, 2.05) is 0 Å². The molecule has 0 fully saturated rings. The van der Waals surface area contributed by atoms with Gasteiger partial charge >= 0.3 is 0 Å². The third kappa shape index (κ3) is 0.902. The zero-order valence-corrected chi connectivity index (χ0v) is 6.96. The minimum Gasteiger partial charge on any atom is -0.278 e. The summed E-state index contributed by atoms with van der Waals surface area (Å²) in [6.07, 6.45) is 1.41. The summed E-state index contributed by atoms with van der Waals surface area (Å²) in [5.74, 6) is 0. The van der Waals surface area contributed by atoms with Gasteiger partial charge in [-0.05, 0) is 11.6 Å². The van der Waals surface area contributed by atoms with Gasteiger partial charge in [0.05, 0.1) is 0 Å². The Kier molecular flexibility index (Phi) is 1.41. The Bertz CT molecular complexity index is 486. The molecule has 0 aromatic carbocycles. The maximum Gasteiger partial charge on any atom is 0.277 e. The zero-order chi connectivity index (χ0) is 8.72. The molecule has 0 amide bonds. The van der Waals surface area contributed by atoms with Gasteiger partial charge in [-0.25, -0.2) is 4.98 Å². The molecule has 0 aliphatic heterocycles. The molecular weight excluding hydrogens is 180 g/mol. The summed E-state index contributed by atoms with van der Waals surface area (Å²) in [6, 6.07) is 0. The molecule has 0 radical (unpaired) electrons. The molecule has 0 saturated carbocycles. The maximum atomic E-state index is 11.2. The highest BCUT2D eigenvalue weighted by Crippen LogP contribution is 2.05. The van der Waals surface area contributed by atoms with E-state index in [2.05, 4.69) is 15.1 Å². The van der Waals surface area contributed by atoms with Crippen molar-refractivity contribution in [1.82, 2.24) is 19.7 Å². The number of H-pyrrole nitrogens is 1. The van der Waals surface area contributed by atoms with Gasteiger partial charge in [0, 0.05) is 13.2 Å². The summed E-state index contributed by atoms with van der Waals surface area (Å²) in [4.78, 5) is 18.8. The summed E-state index contributed by atoms with van der Waals surface area (Å²) >= 11 is 5.53. The van der Waals surface area contributed by atoms with Crippen LogP contribution in [0, 0.1) is 0 Å². The molecule has 12 heavy (non-hydrogen) atoms. The lowest BCUT2D eigenvalue weighted by Gasteiger charge is -1.85. The fourth-order valence-corrected chi connectivity index (χ4v) is 1.13. The molecule has 6 heteroatoms. The smallest absolute Gasteiger partial charge is 0.277 e. The molecule has 0 saturated heterocycles. The molecular formula is C6H5ClN4O. The van der Waals surface area contributed by atoms with Crippen molar-refractivity contribution >= 4 is 22.6 Å². The lowest BCUT2D eigenvalue weighted by molar-refractivity contribution is 0.748. The summed E-state index contributed by atoms with van der Waals surface area (Å²) in [6.45, 7) is 0. The molecule has 0 spiro atoms. The van der Waals surface area contributed by atoms with Crippen LogP contribution in [0.3, 0.4) is 0 Å². The third-order valence-electron chi connectivity index (χ3n) is 1.57. The minimum absolute atomic E-state index is 0.129. The summed E-state index contributed by atoms with van der Waals surface area (Å²) in [5.41, 5.74) is 0.309. The summed E-state index contributed by atoms with van der Waals surface area (Å²) in [5, 5.41) is 3.31. The van der Waals surface area contributed by atoms with Crippen LogP contribution in [0.1, 0.15) is 0 Å². The van der Waals surface area contributed by atoms with E-state index in [-0.39, 0.29) is 10.8 Å². The number of rotatable bonds is 0. The molecule has 62 valence electrons. The lowest BCUT2D eigenvalue weighted by Crippen LogP contribution is -2.11. The van der Waals surface area contributed by atoms with Crippen LogP contribution in [0.2, 0.25) is 5.28 Å². The number of aromatic nitrogens is 4. The van der Waals surface area contributed by atoms with Crippen LogP contribution in [-0.4, -0.2) is 19.7 Å². The molecule has 0 aliphatic carbocycles. The second-order valence-electron chi connectivity index (χ2n) is 2.38. The van der Waals surface area contributed by atoms with E-state index in [9.17, 15) is 4.79 Å². The number of fused-ring (bicyclic) bond motifs is 1. The predicted molar refractivity (Wildman–Crippen MR) is 44.1 cm³/mol. The first-order chi connectivity index (χ1) is 5.68. The highest BCUT2D eigenvalue weighted by atomic mass is 35.5. The Morgan fingerprint density at radius 3 is 3.17 bits per heavy atom. The van der Waals surface area contributed by atoms with Gasteiger partial charge in [0.25, 0.3) is 5.56 Å². The van der Waals surface area contributed by atoms with Gasteiger partial charge in [-0.1, -0.05) is 0 Å². The Balaban J connectivity index is 2.97. The average Bonchev–Trinajstić information content (AvgIpc) is 2.28. The van der Waals surface area contributed by atoms with Crippen LogP contribution in [0.15, 0.2) is 11.0 Å². The van der Waals surface area contributed by atoms with Crippen LogP contribution in [0.25, 0.3) is 11.0 Å². The van der Waals surface area contributed by atoms with E-state index < -0.39 is 0 Å². The van der Waals surface area contributed by atoms with E-state index in [1.165, 1.54) is 10.9 Å².